The van der Waals surface area contributed by atoms with E-state index in [1.807, 2.05) is 19.2 Å². The van der Waals surface area contributed by atoms with Gasteiger partial charge in [0.05, 0.1) is 12.1 Å². The first kappa shape index (κ1) is 23.0. The van der Waals surface area contributed by atoms with Gasteiger partial charge in [-0.1, -0.05) is 25.0 Å². The quantitative estimate of drug-likeness (QED) is 0.348. The lowest BCUT2D eigenvalue weighted by atomic mass is 9.64. The zero-order chi connectivity index (χ0) is 21.5. The number of rotatable bonds is 10. The normalized spacial score (nSPS) is 20.0. The molecule has 0 bridgehead atoms. The van der Waals surface area contributed by atoms with Gasteiger partial charge < -0.3 is 15.0 Å². The second kappa shape index (κ2) is 11.1. The Labute approximate surface area is 180 Å². The lowest BCUT2D eigenvalue weighted by Gasteiger charge is -2.32. The highest BCUT2D eigenvalue weighted by atomic mass is 16.5. The lowest BCUT2D eigenvalue weighted by molar-refractivity contribution is -0.120. The van der Waals surface area contributed by atoms with Crippen molar-refractivity contribution in [1.29, 1.82) is 0 Å². The molecule has 0 unspecified atom stereocenters. The third-order valence-corrected chi connectivity index (χ3v) is 6.49. The van der Waals surface area contributed by atoms with Crippen LogP contribution in [0.5, 0.6) is 5.75 Å². The fraction of sp³-hybridized carbons (Fsp3) is 0.652. The monoisotopic (exact) mass is 414 g/mol. The number of piperidine rings is 1. The van der Waals surface area contributed by atoms with E-state index in [0.29, 0.717) is 30.7 Å². The molecule has 0 aromatic heterocycles. The maximum Gasteiger partial charge on any atom is 0.526 e. The van der Waals surface area contributed by atoms with Crippen molar-refractivity contribution in [1.82, 2.24) is 10.2 Å². The maximum absolute atomic E-state index is 12.7. The van der Waals surface area contributed by atoms with E-state index in [1.165, 1.54) is 39.0 Å². The minimum absolute atomic E-state index is 0.0843. The number of fused-ring (bicyclic) bond motifs is 1. The second-order valence-electron chi connectivity index (χ2n) is 8.88. The minimum atomic E-state index is -1.05. The van der Waals surface area contributed by atoms with Crippen molar-refractivity contribution in [2.24, 2.45) is 5.92 Å². The van der Waals surface area contributed by atoms with Gasteiger partial charge in [0.15, 0.2) is 5.78 Å². The standard InChI is InChI=1S/C23H35BN2O4/c1-17(27)22-8-5-7-19-14-20(24(29)30-23(19)22)15-21(28)16-26-12-9-18(10-13-26)6-3-4-11-25-2/h5,7-8,18,20,25,29H,3-4,6,9-16H2,1-2H3/t20-/m1/s1. The van der Waals surface area contributed by atoms with Crippen molar-refractivity contribution < 1.29 is 19.3 Å². The number of likely N-dealkylation sites (tertiary alicyclic amines) is 1. The minimum Gasteiger partial charge on any atom is -0.535 e. The fourth-order valence-electron chi connectivity index (χ4n) is 4.71. The highest BCUT2D eigenvalue weighted by Crippen LogP contribution is 2.36. The van der Waals surface area contributed by atoms with Crippen molar-refractivity contribution in [2.45, 2.75) is 57.7 Å². The Balaban J connectivity index is 1.45. The number of Topliss-reactive ketones (excluding diaryl/α,β-unsaturated/α-hetero) is 2. The molecule has 0 spiro atoms. The summed E-state index contributed by atoms with van der Waals surface area (Å²) in [7, 11) is 0.945. The van der Waals surface area contributed by atoms with Gasteiger partial charge in [0.2, 0.25) is 0 Å². The van der Waals surface area contributed by atoms with E-state index in [-0.39, 0.29) is 17.4 Å². The van der Waals surface area contributed by atoms with Crippen LogP contribution in [0.2, 0.25) is 5.82 Å². The predicted molar refractivity (Wildman–Crippen MR) is 119 cm³/mol. The predicted octanol–water partition coefficient (Wildman–Crippen LogP) is 2.74. The summed E-state index contributed by atoms with van der Waals surface area (Å²) in [5.41, 5.74) is 1.38. The summed E-state index contributed by atoms with van der Waals surface area (Å²) in [4.78, 5) is 26.7. The average Bonchev–Trinajstić information content (AvgIpc) is 2.72. The van der Waals surface area contributed by atoms with Crippen LogP contribution in [-0.2, 0) is 11.2 Å². The maximum atomic E-state index is 12.7. The van der Waals surface area contributed by atoms with Crippen LogP contribution in [0.15, 0.2) is 18.2 Å². The molecule has 164 valence electrons. The molecule has 1 aromatic carbocycles. The Morgan fingerprint density at radius 1 is 1.27 bits per heavy atom. The summed E-state index contributed by atoms with van der Waals surface area (Å²) < 4.78 is 5.66. The fourth-order valence-corrected chi connectivity index (χ4v) is 4.71. The van der Waals surface area contributed by atoms with E-state index in [9.17, 15) is 14.6 Å². The Morgan fingerprint density at radius 3 is 2.73 bits per heavy atom. The molecule has 1 aromatic rings. The molecule has 30 heavy (non-hydrogen) atoms. The van der Waals surface area contributed by atoms with Crippen molar-refractivity contribution >= 4 is 18.7 Å². The van der Waals surface area contributed by atoms with Gasteiger partial charge in [0.25, 0.3) is 0 Å². The van der Waals surface area contributed by atoms with Crippen LogP contribution < -0.4 is 9.97 Å². The van der Waals surface area contributed by atoms with Crippen LogP contribution in [0.4, 0.5) is 0 Å². The highest BCUT2D eigenvalue weighted by Gasteiger charge is 2.37. The number of nitrogens with one attached hydrogen (secondary N) is 1. The number of para-hydroxylation sites is 1. The Hall–Kier alpha value is -1.70. The number of carbonyl (C=O) groups excluding carboxylic acids is 2. The first-order valence-electron chi connectivity index (χ1n) is 11.3. The average molecular weight is 414 g/mol. The van der Waals surface area contributed by atoms with E-state index in [2.05, 4.69) is 10.2 Å². The van der Waals surface area contributed by atoms with E-state index in [1.54, 1.807) is 6.07 Å². The number of hydrogen-bond donors (Lipinski definition) is 2. The van der Waals surface area contributed by atoms with Gasteiger partial charge in [-0.05, 0) is 76.8 Å². The van der Waals surface area contributed by atoms with Crippen LogP contribution in [0.25, 0.3) is 0 Å². The third-order valence-electron chi connectivity index (χ3n) is 6.49. The molecule has 7 heteroatoms. The molecule has 2 N–H and O–H groups in total. The smallest absolute Gasteiger partial charge is 0.526 e. The molecule has 3 rings (SSSR count). The molecule has 2 heterocycles. The molecular formula is C23H35BN2O4. The second-order valence-corrected chi connectivity index (χ2v) is 8.88. The number of ketones is 2. The molecule has 1 saturated heterocycles. The van der Waals surface area contributed by atoms with Crippen LogP contribution in [0.1, 0.15) is 61.4 Å². The van der Waals surface area contributed by atoms with Gasteiger partial charge in [0.1, 0.15) is 11.5 Å². The van der Waals surface area contributed by atoms with E-state index in [0.717, 1.165) is 31.1 Å². The summed E-state index contributed by atoms with van der Waals surface area (Å²) >= 11 is 0. The van der Waals surface area contributed by atoms with Crippen molar-refractivity contribution in [3.05, 3.63) is 29.3 Å². The van der Waals surface area contributed by atoms with Crippen molar-refractivity contribution in [3.8, 4) is 5.75 Å². The summed E-state index contributed by atoms with van der Waals surface area (Å²) in [5.74, 6) is 1.06. The Kier molecular flexibility index (Phi) is 8.48. The number of unbranched alkanes of at least 4 members (excludes halogenated alkanes) is 1. The van der Waals surface area contributed by atoms with E-state index >= 15 is 0 Å². The zero-order valence-electron chi connectivity index (χ0n) is 18.4. The van der Waals surface area contributed by atoms with Gasteiger partial charge in [-0.3, -0.25) is 14.5 Å². The van der Waals surface area contributed by atoms with Gasteiger partial charge in [-0.15, -0.1) is 0 Å². The molecule has 0 radical (unpaired) electrons. The number of nitrogens with zero attached hydrogens (tertiary/aromatic N) is 1. The zero-order valence-corrected chi connectivity index (χ0v) is 18.4. The highest BCUT2D eigenvalue weighted by molar-refractivity contribution is 6.47. The molecule has 0 aliphatic carbocycles. The molecule has 0 amide bonds. The van der Waals surface area contributed by atoms with Gasteiger partial charge in [-0.25, -0.2) is 0 Å². The third kappa shape index (κ3) is 6.16. The first-order valence-corrected chi connectivity index (χ1v) is 11.3. The largest absolute Gasteiger partial charge is 0.535 e. The topological polar surface area (TPSA) is 78.9 Å². The van der Waals surface area contributed by atoms with Crippen molar-refractivity contribution in [2.75, 3.05) is 33.2 Å². The Morgan fingerprint density at radius 2 is 2.03 bits per heavy atom. The molecule has 2 aliphatic heterocycles. The molecule has 0 saturated carbocycles. The van der Waals surface area contributed by atoms with Crippen molar-refractivity contribution in [3.63, 3.8) is 0 Å². The SMILES string of the molecule is CNCCCCC1CCN(CC(=O)C[C@H]2Cc3cccc(C(C)=O)c3OB2O)CC1. The van der Waals surface area contributed by atoms with Crippen LogP contribution in [0, 0.1) is 5.92 Å². The van der Waals surface area contributed by atoms with Gasteiger partial charge in [-0.2, -0.15) is 0 Å². The number of carbonyl (C=O) groups is 2. The molecular weight excluding hydrogens is 379 g/mol. The summed E-state index contributed by atoms with van der Waals surface area (Å²) in [6.45, 7) is 5.00. The number of hydrogen-bond acceptors (Lipinski definition) is 6. The van der Waals surface area contributed by atoms with Gasteiger partial charge in [0, 0.05) is 12.2 Å². The molecule has 2 aliphatic rings. The summed E-state index contributed by atoms with van der Waals surface area (Å²) in [6.07, 6.45) is 6.99. The molecule has 6 nitrogen and oxygen atoms in total. The van der Waals surface area contributed by atoms with E-state index < -0.39 is 7.12 Å². The Bertz CT molecular complexity index is 734. The summed E-state index contributed by atoms with van der Waals surface area (Å²) in [6, 6.07) is 5.45. The van der Waals surface area contributed by atoms with Gasteiger partial charge >= 0.3 is 7.12 Å². The molecule has 1 atom stereocenters. The van der Waals surface area contributed by atoms with Crippen LogP contribution >= 0.6 is 0 Å². The molecule has 1 fully saturated rings. The van der Waals surface area contributed by atoms with Crippen LogP contribution in [-0.4, -0.2) is 61.8 Å². The number of benzene rings is 1. The lowest BCUT2D eigenvalue weighted by Crippen LogP contribution is -2.40. The van der Waals surface area contributed by atoms with Crippen LogP contribution in [0.3, 0.4) is 0 Å². The first-order chi connectivity index (χ1) is 14.5. The van der Waals surface area contributed by atoms with E-state index in [4.69, 9.17) is 4.65 Å². The summed E-state index contributed by atoms with van der Waals surface area (Å²) in [5, 5.41) is 13.6.